The smallest absolute Gasteiger partial charge is 0.296 e. The summed E-state index contributed by atoms with van der Waals surface area (Å²) in [7, 11) is 0. The van der Waals surface area contributed by atoms with Crippen molar-refractivity contribution < 1.29 is 9.72 Å². The molecule has 0 saturated carbocycles. The summed E-state index contributed by atoms with van der Waals surface area (Å²) in [5, 5.41) is 26.9. The van der Waals surface area contributed by atoms with Gasteiger partial charge in [-0.3, -0.25) is 24.9 Å². The summed E-state index contributed by atoms with van der Waals surface area (Å²) in [5.41, 5.74) is 2.29. The molecule has 10 heteroatoms. The number of hydrogen-bond acceptors (Lipinski definition) is 7. The van der Waals surface area contributed by atoms with Crippen molar-refractivity contribution in [3.8, 4) is 0 Å². The van der Waals surface area contributed by atoms with Gasteiger partial charge in [-0.25, -0.2) is 0 Å². The SMILES string of the molecule is Cc1nnc(NC(=O)c2ccc(Cn3nc(C)c([N+](=O)[O-])c3C)cc2)s1. The first-order chi connectivity index (χ1) is 12.3. The number of carbonyl (C=O) groups is 1. The Kier molecular flexibility index (Phi) is 4.76. The van der Waals surface area contributed by atoms with Gasteiger partial charge in [0.15, 0.2) is 0 Å². The highest BCUT2D eigenvalue weighted by molar-refractivity contribution is 7.15. The van der Waals surface area contributed by atoms with Gasteiger partial charge in [-0.05, 0) is 38.5 Å². The molecule has 1 aromatic carbocycles. The number of aryl methyl sites for hydroxylation is 2. The van der Waals surface area contributed by atoms with Crippen LogP contribution in [-0.2, 0) is 6.54 Å². The summed E-state index contributed by atoms with van der Waals surface area (Å²) < 4.78 is 1.59. The molecular formula is C16H16N6O3S. The van der Waals surface area contributed by atoms with E-state index in [1.54, 1.807) is 42.8 Å². The molecule has 0 saturated heterocycles. The molecule has 0 aliphatic heterocycles. The van der Waals surface area contributed by atoms with Gasteiger partial charge in [0.1, 0.15) is 16.4 Å². The summed E-state index contributed by atoms with van der Waals surface area (Å²) in [4.78, 5) is 22.9. The number of aromatic nitrogens is 4. The fourth-order valence-electron chi connectivity index (χ4n) is 2.56. The number of amides is 1. The van der Waals surface area contributed by atoms with Crippen LogP contribution in [0, 0.1) is 30.9 Å². The van der Waals surface area contributed by atoms with Gasteiger partial charge in [0.05, 0.1) is 11.5 Å². The highest BCUT2D eigenvalue weighted by Crippen LogP contribution is 2.22. The van der Waals surface area contributed by atoms with Gasteiger partial charge in [-0.15, -0.1) is 10.2 Å². The third-order valence-electron chi connectivity index (χ3n) is 3.82. The highest BCUT2D eigenvalue weighted by Gasteiger charge is 2.21. The molecule has 0 fully saturated rings. The van der Waals surface area contributed by atoms with Crippen molar-refractivity contribution in [3.05, 3.63) is 61.9 Å². The molecule has 1 N–H and O–H groups in total. The van der Waals surface area contributed by atoms with Gasteiger partial charge in [0.25, 0.3) is 5.91 Å². The number of anilines is 1. The second kappa shape index (κ2) is 7.00. The molecular weight excluding hydrogens is 356 g/mol. The maximum absolute atomic E-state index is 12.2. The third kappa shape index (κ3) is 3.59. The van der Waals surface area contributed by atoms with E-state index in [0.717, 1.165) is 10.6 Å². The predicted molar refractivity (Wildman–Crippen MR) is 96.5 cm³/mol. The maximum Gasteiger partial charge on any atom is 0.312 e. The average Bonchev–Trinajstić information content (AvgIpc) is 3.11. The molecule has 1 amide bonds. The molecule has 9 nitrogen and oxygen atoms in total. The fraction of sp³-hybridized carbons (Fsp3) is 0.250. The summed E-state index contributed by atoms with van der Waals surface area (Å²) in [5.74, 6) is -0.269. The second-order valence-corrected chi connectivity index (χ2v) is 6.89. The molecule has 0 aliphatic rings. The number of nitro groups is 1. The molecule has 26 heavy (non-hydrogen) atoms. The van der Waals surface area contributed by atoms with Crippen LogP contribution < -0.4 is 5.32 Å². The molecule has 0 bridgehead atoms. The number of hydrogen-bond donors (Lipinski definition) is 1. The standard InChI is InChI=1S/C16H16N6O3S/c1-9-14(22(24)25)10(2)21(20-9)8-12-4-6-13(7-5-12)15(23)17-16-19-18-11(3)26-16/h4-7H,8H2,1-3H3,(H,17,19,23). The molecule has 0 radical (unpaired) electrons. The lowest BCUT2D eigenvalue weighted by Crippen LogP contribution is -2.12. The van der Waals surface area contributed by atoms with E-state index >= 15 is 0 Å². The zero-order valence-corrected chi connectivity index (χ0v) is 15.2. The summed E-state index contributed by atoms with van der Waals surface area (Å²) in [6, 6.07) is 6.97. The van der Waals surface area contributed by atoms with E-state index in [1.807, 2.05) is 6.92 Å². The van der Waals surface area contributed by atoms with E-state index in [9.17, 15) is 14.9 Å². The molecule has 0 unspecified atom stereocenters. The molecule has 134 valence electrons. The van der Waals surface area contributed by atoms with Crippen LogP contribution in [-0.4, -0.2) is 30.8 Å². The van der Waals surface area contributed by atoms with Crippen LogP contribution in [0.1, 0.15) is 32.3 Å². The summed E-state index contributed by atoms with van der Waals surface area (Å²) in [6.45, 7) is 5.48. The van der Waals surface area contributed by atoms with Gasteiger partial charge < -0.3 is 0 Å². The predicted octanol–water partition coefficient (Wildman–Crippen LogP) is 2.87. The van der Waals surface area contributed by atoms with Crippen LogP contribution in [0.25, 0.3) is 0 Å². The lowest BCUT2D eigenvalue weighted by Gasteiger charge is -2.06. The molecule has 0 aliphatic carbocycles. The van der Waals surface area contributed by atoms with Crippen molar-refractivity contribution in [3.63, 3.8) is 0 Å². The molecule has 3 aromatic rings. The number of carbonyl (C=O) groups excluding carboxylic acids is 1. The first-order valence-corrected chi connectivity index (χ1v) is 8.55. The van der Waals surface area contributed by atoms with Crippen LogP contribution in [0.5, 0.6) is 0 Å². The average molecular weight is 372 g/mol. The van der Waals surface area contributed by atoms with E-state index in [2.05, 4.69) is 20.6 Å². The minimum Gasteiger partial charge on any atom is -0.296 e. The minimum atomic E-state index is -0.420. The zero-order chi connectivity index (χ0) is 18.8. The number of benzene rings is 1. The van der Waals surface area contributed by atoms with Gasteiger partial charge in [0.2, 0.25) is 5.13 Å². The Labute approximate surface area is 152 Å². The molecule has 3 rings (SSSR count). The molecule has 0 spiro atoms. The normalized spacial score (nSPS) is 10.7. The Bertz CT molecular complexity index is 977. The first kappa shape index (κ1) is 17.7. The lowest BCUT2D eigenvalue weighted by atomic mass is 10.1. The van der Waals surface area contributed by atoms with E-state index in [1.165, 1.54) is 11.3 Å². The largest absolute Gasteiger partial charge is 0.312 e. The van der Waals surface area contributed by atoms with Crippen molar-refractivity contribution in [2.45, 2.75) is 27.3 Å². The quantitative estimate of drug-likeness (QED) is 0.544. The summed E-state index contributed by atoms with van der Waals surface area (Å²) >= 11 is 1.30. The maximum atomic E-state index is 12.2. The van der Waals surface area contributed by atoms with Crippen LogP contribution >= 0.6 is 11.3 Å². The van der Waals surface area contributed by atoms with Crippen molar-refractivity contribution in [1.29, 1.82) is 0 Å². The molecule has 2 aromatic heterocycles. The van der Waals surface area contributed by atoms with Crippen molar-refractivity contribution in [1.82, 2.24) is 20.0 Å². The van der Waals surface area contributed by atoms with Crippen LogP contribution in [0.15, 0.2) is 24.3 Å². The Balaban J connectivity index is 1.73. The van der Waals surface area contributed by atoms with Crippen molar-refractivity contribution >= 4 is 28.1 Å². The zero-order valence-electron chi connectivity index (χ0n) is 14.4. The Morgan fingerprint density at radius 2 is 1.92 bits per heavy atom. The van der Waals surface area contributed by atoms with E-state index in [-0.39, 0.29) is 11.6 Å². The molecule has 2 heterocycles. The number of nitrogens with zero attached hydrogens (tertiary/aromatic N) is 5. The fourth-order valence-corrected chi connectivity index (χ4v) is 3.14. The molecule has 0 atom stereocenters. The second-order valence-electron chi connectivity index (χ2n) is 5.71. The van der Waals surface area contributed by atoms with Crippen molar-refractivity contribution in [2.24, 2.45) is 0 Å². The number of nitrogens with one attached hydrogen (secondary N) is 1. The highest BCUT2D eigenvalue weighted by atomic mass is 32.1. The Morgan fingerprint density at radius 3 is 2.46 bits per heavy atom. The number of rotatable bonds is 5. The first-order valence-electron chi connectivity index (χ1n) is 7.74. The van der Waals surface area contributed by atoms with Crippen LogP contribution in [0.4, 0.5) is 10.8 Å². The topological polar surface area (TPSA) is 116 Å². The van der Waals surface area contributed by atoms with E-state index in [4.69, 9.17) is 0 Å². The van der Waals surface area contributed by atoms with Crippen LogP contribution in [0.3, 0.4) is 0 Å². The Hall–Kier alpha value is -3.14. The Morgan fingerprint density at radius 1 is 1.23 bits per heavy atom. The van der Waals surface area contributed by atoms with E-state index < -0.39 is 4.92 Å². The van der Waals surface area contributed by atoms with Crippen LogP contribution in [0.2, 0.25) is 0 Å². The van der Waals surface area contributed by atoms with Crippen molar-refractivity contribution in [2.75, 3.05) is 5.32 Å². The minimum absolute atomic E-state index is 0.0355. The monoisotopic (exact) mass is 372 g/mol. The van der Waals surface area contributed by atoms with Gasteiger partial charge in [0, 0.05) is 5.56 Å². The third-order valence-corrected chi connectivity index (χ3v) is 4.57. The summed E-state index contributed by atoms with van der Waals surface area (Å²) in [6.07, 6.45) is 0. The van der Waals surface area contributed by atoms with Gasteiger partial charge in [-0.2, -0.15) is 5.10 Å². The van der Waals surface area contributed by atoms with Gasteiger partial charge >= 0.3 is 5.69 Å². The van der Waals surface area contributed by atoms with E-state index in [0.29, 0.717) is 28.6 Å². The lowest BCUT2D eigenvalue weighted by molar-refractivity contribution is -0.386. The van der Waals surface area contributed by atoms with Gasteiger partial charge in [-0.1, -0.05) is 23.5 Å².